The molecule has 0 aromatic heterocycles. The van der Waals surface area contributed by atoms with E-state index in [-0.39, 0.29) is 11.6 Å². The first-order chi connectivity index (χ1) is 15.1. The van der Waals surface area contributed by atoms with Crippen LogP contribution in [0.5, 0.6) is 5.75 Å². The molecule has 0 amide bonds. The fourth-order valence-electron chi connectivity index (χ4n) is 5.09. The summed E-state index contributed by atoms with van der Waals surface area (Å²) in [5.41, 5.74) is 2.25. The third kappa shape index (κ3) is 4.76. The minimum Gasteiger partial charge on any atom is -0.494 e. The molecule has 1 aliphatic carbocycles. The molecule has 0 N–H and O–H groups in total. The molecule has 4 rings (SSSR count). The highest BCUT2D eigenvalue weighted by Gasteiger charge is 2.22. The Kier molecular flexibility index (Phi) is 6.89. The van der Waals surface area contributed by atoms with Gasteiger partial charge < -0.3 is 4.74 Å². The van der Waals surface area contributed by atoms with Crippen molar-refractivity contribution in [2.24, 2.45) is 5.92 Å². The topological polar surface area (TPSA) is 9.23 Å². The molecule has 0 heterocycles. The first-order valence-corrected chi connectivity index (χ1v) is 11.7. The maximum absolute atomic E-state index is 15.3. The zero-order valence-corrected chi connectivity index (χ0v) is 18.6. The molecule has 1 saturated carbocycles. The third-order valence-corrected chi connectivity index (χ3v) is 6.98. The van der Waals surface area contributed by atoms with E-state index in [0.29, 0.717) is 22.4 Å². The maximum atomic E-state index is 15.3. The van der Waals surface area contributed by atoms with Gasteiger partial charge in [0.25, 0.3) is 0 Å². The van der Waals surface area contributed by atoms with Gasteiger partial charge in [0.15, 0.2) is 11.6 Å². The van der Waals surface area contributed by atoms with Crippen molar-refractivity contribution < 1.29 is 13.5 Å². The minimum absolute atomic E-state index is 0.162. The van der Waals surface area contributed by atoms with Crippen LogP contribution in [-0.4, -0.2) is 7.11 Å². The molecule has 0 aliphatic heterocycles. The molecule has 0 unspecified atom stereocenters. The number of halogens is 2. The van der Waals surface area contributed by atoms with Gasteiger partial charge in [-0.25, -0.2) is 8.78 Å². The van der Waals surface area contributed by atoms with Crippen LogP contribution in [0, 0.1) is 17.6 Å². The second-order valence-electron chi connectivity index (χ2n) is 8.97. The lowest BCUT2D eigenvalue weighted by Crippen LogP contribution is -2.13. The molecule has 3 aromatic carbocycles. The summed E-state index contributed by atoms with van der Waals surface area (Å²) in [6, 6.07) is 14.4. The van der Waals surface area contributed by atoms with Crippen LogP contribution in [0.1, 0.15) is 69.8 Å². The SMILES string of the molecule is CCCCCC1CCC(c2ccc3c(F)c(-c4ccc(OC)c(F)c4)ccc3c2)CC1. The summed E-state index contributed by atoms with van der Waals surface area (Å²) in [4.78, 5) is 0. The number of methoxy groups -OCH3 is 1. The van der Waals surface area contributed by atoms with Crippen molar-refractivity contribution in [3.63, 3.8) is 0 Å². The van der Waals surface area contributed by atoms with Gasteiger partial charge in [-0.05, 0) is 66.2 Å². The predicted octanol–water partition coefficient (Wildman–Crippen LogP) is 8.65. The third-order valence-electron chi connectivity index (χ3n) is 6.98. The molecule has 0 atom stereocenters. The maximum Gasteiger partial charge on any atom is 0.165 e. The van der Waals surface area contributed by atoms with Gasteiger partial charge >= 0.3 is 0 Å². The summed E-state index contributed by atoms with van der Waals surface area (Å²) in [7, 11) is 1.42. The van der Waals surface area contributed by atoms with Crippen molar-refractivity contribution >= 4 is 10.8 Å². The Morgan fingerprint density at radius 1 is 0.903 bits per heavy atom. The molecule has 0 radical (unpaired) electrons. The fourth-order valence-corrected chi connectivity index (χ4v) is 5.09. The van der Waals surface area contributed by atoms with Gasteiger partial charge in [0.1, 0.15) is 5.82 Å². The Hall–Kier alpha value is -2.42. The summed E-state index contributed by atoms with van der Waals surface area (Å²) in [5.74, 6) is 0.835. The van der Waals surface area contributed by atoms with Crippen molar-refractivity contribution in [1.82, 2.24) is 0 Å². The number of hydrogen-bond acceptors (Lipinski definition) is 1. The lowest BCUT2D eigenvalue weighted by Gasteiger charge is -2.29. The molecular weight excluding hydrogens is 390 g/mol. The molecule has 0 bridgehead atoms. The second kappa shape index (κ2) is 9.80. The number of fused-ring (bicyclic) bond motifs is 1. The summed E-state index contributed by atoms with van der Waals surface area (Å²) < 4.78 is 34.4. The van der Waals surface area contributed by atoms with Crippen LogP contribution < -0.4 is 4.74 Å². The van der Waals surface area contributed by atoms with Crippen LogP contribution in [0.3, 0.4) is 0 Å². The highest BCUT2D eigenvalue weighted by atomic mass is 19.1. The molecule has 3 heteroatoms. The Morgan fingerprint density at radius 3 is 2.42 bits per heavy atom. The van der Waals surface area contributed by atoms with Crippen molar-refractivity contribution in [1.29, 1.82) is 0 Å². The van der Waals surface area contributed by atoms with E-state index in [1.807, 2.05) is 12.1 Å². The Labute approximate surface area is 184 Å². The van der Waals surface area contributed by atoms with Crippen molar-refractivity contribution in [3.05, 3.63) is 65.7 Å². The summed E-state index contributed by atoms with van der Waals surface area (Å²) in [6.07, 6.45) is 10.5. The van der Waals surface area contributed by atoms with E-state index in [4.69, 9.17) is 4.74 Å². The van der Waals surface area contributed by atoms with Gasteiger partial charge in [-0.2, -0.15) is 0 Å². The first kappa shape index (κ1) is 21.8. The summed E-state index contributed by atoms with van der Waals surface area (Å²) in [6.45, 7) is 2.26. The number of benzene rings is 3. The summed E-state index contributed by atoms with van der Waals surface area (Å²) >= 11 is 0. The van der Waals surface area contributed by atoms with Crippen LogP contribution >= 0.6 is 0 Å². The minimum atomic E-state index is -0.486. The Balaban J connectivity index is 1.52. The molecule has 164 valence electrons. The molecule has 3 aromatic rings. The van der Waals surface area contributed by atoms with E-state index in [1.54, 1.807) is 12.1 Å². The average Bonchev–Trinajstić information content (AvgIpc) is 2.80. The van der Waals surface area contributed by atoms with Crippen LogP contribution in [0.15, 0.2) is 48.5 Å². The number of unbranched alkanes of at least 4 members (excludes halogenated alkanes) is 2. The van der Waals surface area contributed by atoms with Gasteiger partial charge in [-0.15, -0.1) is 0 Å². The smallest absolute Gasteiger partial charge is 0.165 e. The second-order valence-corrected chi connectivity index (χ2v) is 8.97. The molecular formula is C28H32F2O. The number of rotatable bonds is 7. The van der Waals surface area contributed by atoms with Gasteiger partial charge in [0.2, 0.25) is 0 Å². The predicted molar refractivity (Wildman–Crippen MR) is 125 cm³/mol. The van der Waals surface area contributed by atoms with E-state index >= 15 is 4.39 Å². The van der Waals surface area contributed by atoms with Crippen LogP contribution in [-0.2, 0) is 0 Å². The van der Waals surface area contributed by atoms with Crippen LogP contribution in [0.25, 0.3) is 21.9 Å². The van der Waals surface area contributed by atoms with E-state index in [2.05, 4.69) is 19.1 Å². The highest BCUT2D eigenvalue weighted by Crippen LogP contribution is 2.39. The van der Waals surface area contributed by atoms with Crippen LogP contribution in [0.4, 0.5) is 8.78 Å². The van der Waals surface area contributed by atoms with E-state index in [9.17, 15) is 4.39 Å². The van der Waals surface area contributed by atoms with Crippen molar-refractivity contribution in [2.75, 3.05) is 7.11 Å². The largest absolute Gasteiger partial charge is 0.494 e. The summed E-state index contributed by atoms with van der Waals surface area (Å²) in [5, 5.41) is 1.50. The number of ether oxygens (including phenoxy) is 1. The lowest BCUT2D eigenvalue weighted by atomic mass is 9.76. The standard InChI is InChI=1S/C28H32F2O/c1-3-4-5-6-19-7-9-20(10-8-19)21-11-14-24-22(17-21)12-15-25(28(24)30)23-13-16-27(31-2)26(29)18-23/h11-20H,3-10H2,1-2H3. The van der Waals surface area contributed by atoms with Gasteiger partial charge in [0.05, 0.1) is 7.11 Å². The molecule has 0 saturated heterocycles. The highest BCUT2D eigenvalue weighted by molar-refractivity contribution is 5.89. The van der Waals surface area contributed by atoms with Gasteiger partial charge in [0, 0.05) is 10.9 Å². The Morgan fingerprint density at radius 2 is 1.71 bits per heavy atom. The monoisotopic (exact) mass is 422 g/mol. The molecule has 0 spiro atoms. The molecule has 1 aliphatic rings. The average molecular weight is 423 g/mol. The molecule has 1 nitrogen and oxygen atoms in total. The quantitative estimate of drug-likeness (QED) is 0.346. The fraction of sp³-hybridized carbons (Fsp3) is 0.429. The number of hydrogen-bond donors (Lipinski definition) is 0. The molecule has 31 heavy (non-hydrogen) atoms. The van der Waals surface area contributed by atoms with E-state index in [1.165, 1.54) is 76.2 Å². The first-order valence-electron chi connectivity index (χ1n) is 11.7. The lowest BCUT2D eigenvalue weighted by molar-refractivity contribution is 0.303. The van der Waals surface area contributed by atoms with Gasteiger partial charge in [-0.3, -0.25) is 0 Å². The van der Waals surface area contributed by atoms with E-state index < -0.39 is 5.82 Å². The van der Waals surface area contributed by atoms with Crippen molar-refractivity contribution in [2.45, 2.75) is 64.2 Å². The zero-order chi connectivity index (χ0) is 21.8. The van der Waals surface area contributed by atoms with Crippen LogP contribution in [0.2, 0.25) is 0 Å². The Bertz CT molecular complexity index is 1030. The van der Waals surface area contributed by atoms with E-state index in [0.717, 1.165) is 11.3 Å². The van der Waals surface area contributed by atoms with Crippen molar-refractivity contribution in [3.8, 4) is 16.9 Å². The normalized spacial score (nSPS) is 19.0. The zero-order valence-electron chi connectivity index (χ0n) is 18.6. The molecule has 1 fully saturated rings. The van der Waals surface area contributed by atoms with Gasteiger partial charge in [-0.1, -0.05) is 69.0 Å².